The number of rotatable bonds is 4. The lowest BCUT2D eigenvalue weighted by Crippen LogP contribution is -2.42. The number of aromatic nitrogens is 2. The van der Waals surface area contributed by atoms with Gasteiger partial charge < -0.3 is 24.8 Å². The van der Waals surface area contributed by atoms with Gasteiger partial charge in [0.2, 0.25) is 0 Å². The first-order valence-corrected chi connectivity index (χ1v) is 7.26. The van der Waals surface area contributed by atoms with Crippen molar-refractivity contribution in [1.82, 2.24) is 14.9 Å². The number of hydrogen-bond donors (Lipinski definition) is 5. The maximum Gasteiger partial charge on any atom is 0.414 e. The van der Waals surface area contributed by atoms with Crippen LogP contribution < -0.4 is 16.6 Å². The SMILES string of the molecule is CCOC(=O)NC(=O)c1cn([C@H]2O[C@@H](CO)[C@H](O)[C@@H]2O)c(=O)[nH]c1=O. The Kier molecular flexibility index (Phi) is 5.69. The number of alkyl carbamates (subject to hydrolysis) is 1. The smallest absolute Gasteiger partial charge is 0.414 e. The first-order valence-electron chi connectivity index (χ1n) is 7.26. The van der Waals surface area contributed by atoms with Crippen molar-refractivity contribution in [3.05, 3.63) is 32.6 Å². The van der Waals surface area contributed by atoms with Gasteiger partial charge in [0, 0.05) is 6.20 Å². The zero-order chi connectivity index (χ0) is 18.7. The molecule has 12 heteroatoms. The second kappa shape index (κ2) is 7.57. The zero-order valence-corrected chi connectivity index (χ0v) is 13.0. The minimum atomic E-state index is -1.60. The summed E-state index contributed by atoms with van der Waals surface area (Å²) in [5.74, 6) is -1.14. The molecule has 0 unspecified atom stereocenters. The van der Waals surface area contributed by atoms with Crippen molar-refractivity contribution in [3.8, 4) is 0 Å². The Labute approximate surface area is 139 Å². The summed E-state index contributed by atoms with van der Waals surface area (Å²) in [6, 6.07) is 0. The second-order valence-electron chi connectivity index (χ2n) is 5.11. The molecule has 2 heterocycles. The van der Waals surface area contributed by atoms with Crippen LogP contribution in [0.1, 0.15) is 23.5 Å². The molecule has 25 heavy (non-hydrogen) atoms. The van der Waals surface area contributed by atoms with E-state index in [1.54, 1.807) is 5.32 Å². The minimum Gasteiger partial charge on any atom is -0.450 e. The Morgan fingerprint density at radius 1 is 1.36 bits per heavy atom. The normalized spacial score (nSPS) is 25.6. The Morgan fingerprint density at radius 3 is 2.60 bits per heavy atom. The van der Waals surface area contributed by atoms with Crippen LogP contribution in [0.4, 0.5) is 4.79 Å². The van der Waals surface area contributed by atoms with Gasteiger partial charge in [-0.1, -0.05) is 0 Å². The number of imide groups is 1. The van der Waals surface area contributed by atoms with Crippen molar-refractivity contribution >= 4 is 12.0 Å². The molecule has 0 aliphatic carbocycles. The summed E-state index contributed by atoms with van der Waals surface area (Å²) in [5, 5.41) is 30.5. The van der Waals surface area contributed by atoms with Gasteiger partial charge in [0.15, 0.2) is 6.23 Å². The Morgan fingerprint density at radius 2 is 2.04 bits per heavy atom. The molecule has 2 amide bonds. The second-order valence-corrected chi connectivity index (χ2v) is 5.11. The zero-order valence-electron chi connectivity index (χ0n) is 13.0. The summed E-state index contributed by atoms with van der Waals surface area (Å²) in [7, 11) is 0. The Hall–Kier alpha value is -2.54. The lowest BCUT2D eigenvalue weighted by molar-refractivity contribution is -0.0551. The third kappa shape index (κ3) is 3.76. The Balaban J connectivity index is 2.35. The topological polar surface area (TPSA) is 180 Å². The molecule has 1 fully saturated rings. The molecule has 5 N–H and O–H groups in total. The van der Waals surface area contributed by atoms with E-state index in [2.05, 4.69) is 4.74 Å². The van der Waals surface area contributed by atoms with Gasteiger partial charge in [-0.25, -0.2) is 9.59 Å². The number of nitrogens with zero attached hydrogens (tertiary/aromatic N) is 1. The highest BCUT2D eigenvalue weighted by atomic mass is 16.6. The fraction of sp³-hybridized carbons (Fsp3) is 0.538. The number of aliphatic hydroxyl groups is 3. The highest BCUT2D eigenvalue weighted by molar-refractivity contribution is 6.02. The van der Waals surface area contributed by atoms with Crippen LogP contribution in [0.15, 0.2) is 15.8 Å². The molecule has 1 aliphatic rings. The fourth-order valence-electron chi connectivity index (χ4n) is 2.27. The maximum absolute atomic E-state index is 12.0. The lowest BCUT2D eigenvalue weighted by atomic mass is 10.1. The van der Waals surface area contributed by atoms with Crippen molar-refractivity contribution < 1.29 is 34.4 Å². The van der Waals surface area contributed by atoms with Gasteiger partial charge in [-0.15, -0.1) is 0 Å². The van der Waals surface area contributed by atoms with Crippen LogP contribution in [-0.4, -0.2) is 68.4 Å². The molecule has 12 nitrogen and oxygen atoms in total. The van der Waals surface area contributed by atoms with E-state index in [0.29, 0.717) is 4.57 Å². The largest absolute Gasteiger partial charge is 0.450 e. The summed E-state index contributed by atoms with van der Waals surface area (Å²) >= 11 is 0. The predicted octanol–water partition coefficient (Wildman–Crippen LogP) is -2.97. The molecule has 0 saturated carbocycles. The van der Waals surface area contributed by atoms with Crippen LogP contribution >= 0.6 is 0 Å². The quantitative estimate of drug-likeness (QED) is 0.375. The summed E-state index contributed by atoms with van der Waals surface area (Å²) in [4.78, 5) is 48.8. The number of carbonyl (C=O) groups excluding carboxylic acids is 2. The molecule has 0 aromatic carbocycles. The first-order chi connectivity index (χ1) is 11.8. The standard InChI is InChI=1S/C13H17N3O9/c1-2-24-13(23)15-10(21)5-3-16(12(22)14-9(5)20)11-8(19)7(18)6(4-17)25-11/h3,6-8,11,17-19H,2,4H2,1H3,(H,14,20,22)(H,15,21,23)/t6-,7-,8-,11-/m0/s1. The van der Waals surface area contributed by atoms with E-state index in [1.165, 1.54) is 6.92 Å². The molecule has 2 rings (SSSR count). The van der Waals surface area contributed by atoms with Gasteiger partial charge in [-0.3, -0.25) is 24.5 Å². The van der Waals surface area contributed by atoms with E-state index in [1.807, 2.05) is 4.98 Å². The van der Waals surface area contributed by atoms with Gasteiger partial charge in [-0.05, 0) is 6.92 Å². The van der Waals surface area contributed by atoms with Crippen LogP contribution in [0.25, 0.3) is 0 Å². The predicted molar refractivity (Wildman–Crippen MR) is 78.8 cm³/mol. The van der Waals surface area contributed by atoms with E-state index >= 15 is 0 Å². The number of hydrogen-bond acceptors (Lipinski definition) is 9. The molecular weight excluding hydrogens is 342 g/mol. The molecular formula is C13H17N3O9. The number of H-pyrrole nitrogens is 1. The molecule has 138 valence electrons. The molecule has 1 aromatic heterocycles. The van der Waals surface area contributed by atoms with Gasteiger partial charge in [-0.2, -0.15) is 0 Å². The van der Waals surface area contributed by atoms with E-state index < -0.39 is 60.0 Å². The number of ether oxygens (including phenoxy) is 2. The summed E-state index contributed by atoms with van der Waals surface area (Å²) in [6.07, 6.45) is -6.00. The molecule has 1 saturated heterocycles. The van der Waals surface area contributed by atoms with Gasteiger partial charge in [0.25, 0.3) is 11.5 Å². The van der Waals surface area contributed by atoms with Crippen LogP contribution in [-0.2, 0) is 9.47 Å². The number of carbonyl (C=O) groups is 2. The Bertz CT molecular complexity index is 771. The maximum atomic E-state index is 12.0. The van der Waals surface area contributed by atoms with E-state index in [0.717, 1.165) is 6.20 Å². The van der Waals surface area contributed by atoms with E-state index in [9.17, 15) is 29.4 Å². The van der Waals surface area contributed by atoms with Crippen LogP contribution in [0.5, 0.6) is 0 Å². The van der Waals surface area contributed by atoms with Crippen molar-refractivity contribution in [2.75, 3.05) is 13.2 Å². The number of aliphatic hydroxyl groups excluding tert-OH is 3. The summed E-state index contributed by atoms with van der Waals surface area (Å²) < 4.78 is 10.3. The number of amides is 2. The third-order valence-electron chi connectivity index (χ3n) is 3.49. The molecule has 4 atom stereocenters. The summed E-state index contributed by atoms with van der Waals surface area (Å²) in [6.45, 7) is 0.888. The highest BCUT2D eigenvalue weighted by Gasteiger charge is 2.44. The van der Waals surface area contributed by atoms with Gasteiger partial charge in [0.1, 0.15) is 23.9 Å². The van der Waals surface area contributed by atoms with Gasteiger partial charge >= 0.3 is 11.8 Å². The van der Waals surface area contributed by atoms with Crippen LogP contribution in [0.3, 0.4) is 0 Å². The molecule has 1 aromatic rings. The van der Waals surface area contributed by atoms with Crippen molar-refractivity contribution in [2.45, 2.75) is 31.5 Å². The third-order valence-corrected chi connectivity index (χ3v) is 3.49. The molecule has 0 radical (unpaired) electrons. The fourth-order valence-corrected chi connectivity index (χ4v) is 2.27. The summed E-state index contributed by atoms with van der Waals surface area (Å²) in [5.41, 5.74) is -2.72. The average Bonchev–Trinajstić information content (AvgIpc) is 2.83. The number of aromatic amines is 1. The van der Waals surface area contributed by atoms with Crippen molar-refractivity contribution in [2.24, 2.45) is 0 Å². The van der Waals surface area contributed by atoms with Crippen molar-refractivity contribution in [3.63, 3.8) is 0 Å². The highest BCUT2D eigenvalue weighted by Crippen LogP contribution is 2.27. The monoisotopic (exact) mass is 359 g/mol. The van der Waals surface area contributed by atoms with Crippen molar-refractivity contribution in [1.29, 1.82) is 0 Å². The minimum absolute atomic E-state index is 0.00247. The van der Waals surface area contributed by atoms with Crippen LogP contribution in [0.2, 0.25) is 0 Å². The van der Waals surface area contributed by atoms with Gasteiger partial charge in [0.05, 0.1) is 13.2 Å². The van der Waals surface area contributed by atoms with E-state index in [-0.39, 0.29) is 6.61 Å². The first kappa shape index (κ1) is 18.8. The number of nitrogens with one attached hydrogen (secondary N) is 2. The van der Waals surface area contributed by atoms with Crippen LogP contribution in [0, 0.1) is 0 Å². The van der Waals surface area contributed by atoms with E-state index in [4.69, 9.17) is 9.84 Å². The molecule has 0 bridgehead atoms. The molecule has 0 spiro atoms. The average molecular weight is 359 g/mol. The molecule has 1 aliphatic heterocycles. The lowest BCUT2D eigenvalue weighted by Gasteiger charge is -2.17.